The summed E-state index contributed by atoms with van der Waals surface area (Å²) >= 11 is 0. The van der Waals surface area contributed by atoms with Crippen LogP contribution in [0.2, 0.25) is 0 Å². The first-order valence-corrected chi connectivity index (χ1v) is 6.69. The van der Waals surface area contributed by atoms with Gasteiger partial charge < -0.3 is 10.3 Å². The highest BCUT2D eigenvalue weighted by atomic mass is 16.2. The molecule has 2 aliphatic rings. The summed E-state index contributed by atoms with van der Waals surface area (Å²) in [6, 6.07) is 2.98. The van der Waals surface area contributed by atoms with E-state index in [1.165, 1.54) is 37.9 Å². The Hall–Kier alpha value is -1.58. The number of nitrogens with one attached hydrogen (secondary N) is 2. The molecule has 4 heteroatoms. The van der Waals surface area contributed by atoms with Crippen LogP contribution in [0, 0.1) is 17.8 Å². The predicted molar refractivity (Wildman–Crippen MR) is 68.3 cm³/mol. The molecule has 1 heterocycles. The van der Waals surface area contributed by atoms with E-state index in [0.29, 0.717) is 11.5 Å². The number of aromatic amines is 1. The number of carbonyl (C=O) groups is 1. The number of aromatic nitrogens is 1. The van der Waals surface area contributed by atoms with Gasteiger partial charge in [0.05, 0.1) is 0 Å². The average molecular weight is 246 g/mol. The van der Waals surface area contributed by atoms with Crippen LogP contribution in [0.4, 0.5) is 0 Å². The number of pyridine rings is 1. The Morgan fingerprint density at radius 1 is 1.39 bits per heavy atom. The summed E-state index contributed by atoms with van der Waals surface area (Å²) in [5, 5.41) is 2.96. The van der Waals surface area contributed by atoms with Gasteiger partial charge in [0, 0.05) is 24.4 Å². The first-order chi connectivity index (χ1) is 8.72. The standard InChI is InChI=1S/C14H18N2O2/c17-13-7-11(3-4-15-13)14(18)16-8-12-6-9-1-2-10(12)5-9/h3-4,7,9-10,12H,1-2,5-6,8H2,(H,15,17)(H,16,18). The minimum atomic E-state index is -0.234. The fraction of sp³-hybridized carbons (Fsp3) is 0.571. The van der Waals surface area contributed by atoms with Gasteiger partial charge in [-0.2, -0.15) is 0 Å². The summed E-state index contributed by atoms with van der Waals surface area (Å²) in [6.45, 7) is 0.757. The van der Waals surface area contributed by atoms with E-state index in [1.54, 1.807) is 6.07 Å². The molecule has 2 N–H and O–H groups in total. The van der Waals surface area contributed by atoms with Crippen molar-refractivity contribution in [2.24, 2.45) is 17.8 Å². The van der Waals surface area contributed by atoms with E-state index in [-0.39, 0.29) is 11.5 Å². The minimum Gasteiger partial charge on any atom is -0.352 e. The fourth-order valence-corrected chi connectivity index (χ4v) is 3.54. The minimum absolute atomic E-state index is 0.135. The second-order valence-electron chi connectivity index (χ2n) is 5.59. The zero-order valence-corrected chi connectivity index (χ0v) is 10.3. The van der Waals surface area contributed by atoms with E-state index in [1.807, 2.05) is 0 Å². The molecule has 1 amide bonds. The number of amides is 1. The molecule has 0 spiro atoms. The fourth-order valence-electron chi connectivity index (χ4n) is 3.54. The van der Waals surface area contributed by atoms with Crippen molar-refractivity contribution in [1.29, 1.82) is 0 Å². The molecule has 4 nitrogen and oxygen atoms in total. The molecule has 2 aliphatic carbocycles. The van der Waals surface area contributed by atoms with Crippen molar-refractivity contribution >= 4 is 5.91 Å². The molecule has 0 radical (unpaired) electrons. The molecule has 0 aliphatic heterocycles. The molecular formula is C14H18N2O2. The summed E-state index contributed by atoms with van der Waals surface area (Å²) in [5.74, 6) is 2.23. The normalized spacial score (nSPS) is 29.4. The number of H-pyrrole nitrogens is 1. The van der Waals surface area contributed by atoms with E-state index in [9.17, 15) is 9.59 Å². The van der Waals surface area contributed by atoms with Crippen molar-refractivity contribution in [3.05, 3.63) is 34.2 Å². The molecule has 3 unspecified atom stereocenters. The van der Waals surface area contributed by atoms with Gasteiger partial charge in [-0.3, -0.25) is 9.59 Å². The lowest BCUT2D eigenvalue weighted by atomic mass is 9.89. The van der Waals surface area contributed by atoms with E-state index < -0.39 is 0 Å². The topological polar surface area (TPSA) is 62.0 Å². The van der Waals surface area contributed by atoms with Crippen molar-refractivity contribution in [3.8, 4) is 0 Å². The monoisotopic (exact) mass is 246 g/mol. The number of hydrogen-bond acceptors (Lipinski definition) is 2. The van der Waals surface area contributed by atoms with Crippen LogP contribution in [0.5, 0.6) is 0 Å². The van der Waals surface area contributed by atoms with Gasteiger partial charge in [0.25, 0.3) is 5.91 Å². The first kappa shape index (κ1) is 11.5. The van der Waals surface area contributed by atoms with Crippen LogP contribution in [-0.4, -0.2) is 17.4 Å². The molecule has 3 rings (SSSR count). The van der Waals surface area contributed by atoms with Crippen LogP contribution in [0.25, 0.3) is 0 Å². The number of hydrogen-bond donors (Lipinski definition) is 2. The van der Waals surface area contributed by atoms with Gasteiger partial charge in [0.2, 0.25) is 5.56 Å². The van der Waals surface area contributed by atoms with Crippen molar-refractivity contribution < 1.29 is 4.79 Å². The van der Waals surface area contributed by atoms with Crippen LogP contribution in [0.1, 0.15) is 36.0 Å². The van der Waals surface area contributed by atoms with Crippen LogP contribution < -0.4 is 10.9 Å². The summed E-state index contributed by atoms with van der Waals surface area (Å²) in [7, 11) is 0. The average Bonchev–Trinajstić information content (AvgIpc) is 2.98. The highest BCUT2D eigenvalue weighted by Gasteiger charge is 2.39. The molecule has 2 fully saturated rings. The smallest absolute Gasteiger partial charge is 0.251 e. The number of carbonyl (C=O) groups excluding carboxylic acids is 1. The molecule has 2 saturated carbocycles. The van der Waals surface area contributed by atoms with Crippen LogP contribution in [0.3, 0.4) is 0 Å². The maximum atomic E-state index is 11.9. The molecule has 0 saturated heterocycles. The highest BCUT2D eigenvalue weighted by molar-refractivity contribution is 5.93. The third-order valence-electron chi connectivity index (χ3n) is 4.45. The lowest BCUT2D eigenvalue weighted by Crippen LogP contribution is -2.32. The summed E-state index contributed by atoms with van der Waals surface area (Å²) in [5.41, 5.74) is 0.212. The molecule has 18 heavy (non-hydrogen) atoms. The Bertz CT molecular complexity index is 509. The predicted octanol–water partition coefficient (Wildman–Crippen LogP) is 1.54. The van der Waals surface area contributed by atoms with Crippen molar-refractivity contribution in [1.82, 2.24) is 10.3 Å². The van der Waals surface area contributed by atoms with Gasteiger partial charge in [0.1, 0.15) is 0 Å². The maximum Gasteiger partial charge on any atom is 0.251 e. The van der Waals surface area contributed by atoms with E-state index in [2.05, 4.69) is 10.3 Å². The van der Waals surface area contributed by atoms with Crippen LogP contribution >= 0.6 is 0 Å². The van der Waals surface area contributed by atoms with Crippen molar-refractivity contribution in [2.75, 3.05) is 6.54 Å². The van der Waals surface area contributed by atoms with Crippen LogP contribution in [-0.2, 0) is 0 Å². The Balaban J connectivity index is 1.57. The van der Waals surface area contributed by atoms with Gasteiger partial charge in [-0.05, 0) is 43.1 Å². The van der Waals surface area contributed by atoms with Gasteiger partial charge in [-0.15, -0.1) is 0 Å². The van der Waals surface area contributed by atoms with Gasteiger partial charge in [0.15, 0.2) is 0 Å². The lowest BCUT2D eigenvalue weighted by molar-refractivity contribution is 0.0941. The quantitative estimate of drug-likeness (QED) is 0.849. The zero-order chi connectivity index (χ0) is 12.5. The largest absolute Gasteiger partial charge is 0.352 e. The third-order valence-corrected chi connectivity index (χ3v) is 4.45. The molecule has 2 bridgehead atoms. The number of rotatable bonds is 3. The van der Waals surface area contributed by atoms with Crippen molar-refractivity contribution in [3.63, 3.8) is 0 Å². The molecule has 3 atom stereocenters. The third kappa shape index (κ3) is 2.19. The van der Waals surface area contributed by atoms with E-state index in [0.717, 1.165) is 18.4 Å². The van der Waals surface area contributed by atoms with Crippen molar-refractivity contribution in [2.45, 2.75) is 25.7 Å². The molecular weight excluding hydrogens is 228 g/mol. The molecule has 0 aromatic carbocycles. The highest BCUT2D eigenvalue weighted by Crippen LogP contribution is 2.47. The Labute approximate surface area is 106 Å². The van der Waals surface area contributed by atoms with Crippen LogP contribution in [0.15, 0.2) is 23.1 Å². The molecule has 96 valence electrons. The van der Waals surface area contributed by atoms with Gasteiger partial charge in [-0.1, -0.05) is 6.42 Å². The second kappa shape index (κ2) is 4.59. The van der Waals surface area contributed by atoms with E-state index >= 15 is 0 Å². The Morgan fingerprint density at radius 3 is 2.94 bits per heavy atom. The summed E-state index contributed by atoms with van der Waals surface area (Å²) in [4.78, 5) is 25.5. The lowest BCUT2D eigenvalue weighted by Gasteiger charge is -2.21. The van der Waals surface area contributed by atoms with E-state index in [4.69, 9.17) is 0 Å². The molecule has 1 aromatic heterocycles. The number of fused-ring (bicyclic) bond motifs is 2. The zero-order valence-electron chi connectivity index (χ0n) is 10.3. The Morgan fingerprint density at radius 2 is 2.28 bits per heavy atom. The Kier molecular flexibility index (Phi) is 2.94. The SMILES string of the molecule is O=C(NCC1CC2CCC1C2)c1cc[nH]c(=O)c1. The van der Waals surface area contributed by atoms with Gasteiger partial charge >= 0.3 is 0 Å². The second-order valence-corrected chi connectivity index (χ2v) is 5.59. The summed E-state index contributed by atoms with van der Waals surface area (Å²) in [6.07, 6.45) is 6.83. The first-order valence-electron chi connectivity index (χ1n) is 6.69. The maximum absolute atomic E-state index is 11.9. The van der Waals surface area contributed by atoms with Gasteiger partial charge in [-0.25, -0.2) is 0 Å². The molecule has 1 aromatic rings. The summed E-state index contributed by atoms with van der Waals surface area (Å²) < 4.78 is 0.